The summed E-state index contributed by atoms with van der Waals surface area (Å²) in [6.45, 7) is 2.98. The van der Waals surface area contributed by atoms with Gasteiger partial charge in [0.05, 0.1) is 18.0 Å². The third-order valence-corrected chi connectivity index (χ3v) is 5.24. The van der Waals surface area contributed by atoms with Crippen molar-refractivity contribution in [2.24, 2.45) is 10.9 Å². The van der Waals surface area contributed by atoms with Gasteiger partial charge in [-0.1, -0.05) is 0 Å². The van der Waals surface area contributed by atoms with Crippen LogP contribution in [0.15, 0.2) is 29.3 Å². The summed E-state index contributed by atoms with van der Waals surface area (Å²) < 4.78 is 20.4. The van der Waals surface area contributed by atoms with Gasteiger partial charge in [-0.2, -0.15) is 10.4 Å². The molecule has 166 valence electrons. The lowest BCUT2D eigenvalue weighted by Gasteiger charge is -2.22. The molecular formula is C22H30FN7O. The highest BCUT2D eigenvalue weighted by molar-refractivity contribution is 5.79. The van der Waals surface area contributed by atoms with E-state index < -0.39 is 0 Å². The molecule has 8 nitrogen and oxygen atoms in total. The molecule has 2 aromatic rings. The third-order valence-electron chi connectivity index (χ3n) is 5.24. The van der Waals surface area contributed by atoms with Crippen molar-refractivity contribution < 1.29 is 9.13 Å². The molecule has 1 heterocycles. The Kier molecular flexibility index (Phi) is 7.84. The van der Waals surface area contributed by atoms with Crippen molar-refractivity contribution >= 4 is 11.8 Å². The van der Waals surface area contributed by atoms with Crippen LogP contribution in [0, 0.1) is 23.1 Å². The summed E-state index contributed by atoms with van der Waals surface area (Å²) in [6, 6.07) is 7.98. The summed E-state index contributed by atoms with van der Waals surface area (Å²) in [5.41, 5.74) is 7.71. The molecule has 0 saturated heterocycles. The summed E-state index contributed by atoms with van der Waals surface area (Å²) in [5, 5.41) is 17.3. The zero-order valence-electron chi connectivity index (χ0n) is 18.1. The second kappa shape index (κ2) is 10.8. The van der Waals surface area contributed by atoms with E-state index in [1.807, 2.05) is 11.9 Å². The molecule has 9 heteroatoms. The van der Waals surface area contributed by atoms with E-state index in [0.29, 0.717) is 36.5 Å². The van der Waals surface area contributed by atoms with Crippen LogP contribution in [0.3, 0.4) is 0 Å². The number of aromatic nitrogens is 2. The number of aryl methyl sites for hydroxylation is 1. The highest BCUT2D eigenvalue weighted by Crippen LogP contribution is 2.28. The first-order chi connectivity index (χ1) is 15.0. The number of aliphatic imine (C=N–C) groups is 1. The summed E-state index contributed by atoms with van der Waals surface area (Å²) in [6.07, 6.45) is 3.92. The predicted octanol–water partition coefficient (Wildman–Crippen LogP) is 2.33. The van der Waals surface area contributed by atoms with Crippen LogP contribution < -0.4 is 11.1 Å². The predicted molar refractivity (Wildman–Crippen MR) is 119 cm³/mol. The Balaban J connectivity index is 1.49. The largest absolute Gasteiger partial charge is 0.382 e. The summed E-state index contributed by atoms with van der Waals surface area (Å²) in [5.74, 6) is 1.49. The van der Waals surface area contributed by atoms with Gasteiger partial charge in [0.25, 0.3) is 0 Å². The number of anilines is 1. The maximum atomic E-state index is 13.2. The van der Waals surface area contributed by atoms with E-state index in [2.05, 4.69) is 21.5 Å². The number of halogens is 1. The first kappa shape index (κ1) is 22.6. The molecule has 1 aliphatic carbocycles. The van der Waals surface area contributed by atoms with Crippen molar-refractivity contribution in [1.82, 2.24) is 20.0 Å². The lowest BCUT2D eigenvalue weighted by Crippen LogP contribution is -2.41. The molecule has 0 radical (unpaired) electrons. The number of benzene rings is 1. The second-order valence-corrected chi connectivity index (χ2v) is 7.72. The van der Waals surface area contributed by atoms with E-state index in [1.165, 1.54) is 29.7 Å². The zero-order valence-corrected chi connectivity index (χ0v) is 18.1. The molecule has 0 spiro atoms. The molecule has 0 amide bonds. The van der Waals surface area contributed by atoms with E-state index in [0.717, 1.165) is 31.4 Å². The summed E-state index contributed by atoms with van der Waals surface area (Å²) in [4.78, 5) is 6.35. The van der Waals surface area contributed by atoms with E-state index in [4.69, 9.17) is 10.5 Å². The summed E-state index contributed by atoms with van der Waals surface area (Å²) in [7, 11) is 3.73. The number of nitrogens with two attached hydrogens (primary N) is 1. The molecule has 0 atom stereocenters. The van der Waals surface area contributed by atoms with Crippen molar-refractivity contribution in [3.63, 3.8) is 0 Å². The minimum atomic E-state index is -0.339. The van der Waals surface area contributed by atoms with Gasteiger partial charge in [-0.15, -0.1) is 0 Å². The Bertz CT molecular complexity index is 929. The summed E-state index contributed by atoms with van der Waals surface area (Å²) >= 11 is 0. The van der Waals surface area contributed by atoms with Crippen molar-refractivity contribution in [2.45, 2.75) is 25.7 Å². The average Bonchev–Trinajstić information content (AvgIpc) is 3.54. The maximum absolute atomic E-state index is 13.2. The smallest absolute Gasteiger partial charge is 0.193 e. The van der Waals surface area contributed by atoms with Crippen LogP contribution in [0.25, 0.3) is 5.69 Å². The first-order valence-electron chi connectivity index (χ1n) is 10.6. The fraction of sp³-hybridized carbons (Fsp3) is 0.500. The fourth-order valence-corrected chi connectivity index (χ4v) is 3.24. The number of likely N-dealkylation sites (N-methyl/N-ethyl adjacent to an activating group) is 1. The number of nitriles is 1. The van der Waals surface area contributed by atoms with Crippen LogP contribution in [-0.2, 0) is 11.2 Å². The van der Waals surface area contributed by atoms with Gasteiger partial charge in [-0.3, -0.25) is 4.99 Å². The number of nitrogen functional groups attached to an aromatic ring is 1. The van der Waals surface area contributed by atoms with E-state index in [1.54, 1.807) is 19.2 Å². The quantitative estimate of drug-likeness (QED) is 0.343. The van der Waals surface area contributed by atoms with Crippen molar-refractivity contribution in [3.05, 3.63) is 41.3 Å². The maximum Gasteiger partial charge on any atom is 0.193 e. The van der Waals surface area contributed by atoms with Crippen molar-refractivity contribution in [2.75, 3.05) is 46.1 Å². The van der Waals surface area contributed by atoms with Gasteiger partial charge in [0.2, 0.25) is 0 Å². The number of rotatable bonds is 10. The van der Waals surface area contributed by atoms with Gasteiger partial charge < -0.3 is 20.7 Å². The van der Waals surface area contributed by atoms with Crippen LogP contribution in [0.1, 0.15) is 30.5 Å². The minimum Gasteiger partial charge on any atom is -0.382 e. The van der Waals surface area contributed by atoms with Crippen LogP contribution in [0.4, 0.5) is 10.2 Å². The topological polar surface area (TPSA) is 104 Å². The molecule has 1 aromatic carbocycles. The van der Waals surface area contributed by atoms with Gasteiger partial charge in [-0.05, 0) is 55.9 Å². The molecular weight excluding hydrogens is 397 g/mol. The standard InChI is InChI=1S/C22H30FN7O/c1-26-22(29(2)12-13-31-15-16-5-6-16)27-11-3-4-20-19(14-24)21(25)30(28-20)18-9-7-17(23)8-10-18/h7-10,16H,3-6,11-13,15,25H2,1-2H3,(H,26,27). The molecule has 31 heavy (non-hydrogen) atoms. The number of ether oxygens (including phenoxy) is 1. The SMILES string of the molecule is CN=C(NCCCc1nn(-c2ccc(F)cc2)c(N)c1C#N)N(C)CCOCC1CC1. The molecule has 0 unspecified atom stereocenters. The normalized spacial score (nSPS) is 13.8. The number of hydrogen-bond donors (Lipinski definition) is 2. The Morgan fingerprint density at radius 1 is 1.42 bits per heavy atom. The molecule has 0 aliphatic heterocycles. The number of guanidine groups is 1. The molecule has 3 rings (SSSR count). The van der Waals surface area contributed by atoms with Crippen molar-refractivity contribution in [1.29, 1.82) is 5.26 Å². The lowest BCUT2D eigenvalue weighted by atomic mass is 10.1. The molecule has 0 bridgehead atoms. The molecule has 1 aliphatic rings. The molecule has 3 N–H and O–H groups in total. The fourth-order valence-electron chi connectivity index (χ4n) is 3.24. The zero-order chi connectivity index (χ0) is 22.2. The molecule has 1 saturated carbocycles. The van der Waals surface area contributed by atoms with E-state index in [-0.39, 0.29) is 11.6 Å². The Morgan fingerprint density at radius 2 is 2.16 bits per heavy atom. The Labute approximate surface area is 182 Å². The van der Waals surface area contributed by atoms with Crippen molar-refractivity contribution in [3.8, 4) is 11.8 Å². The van der Waals surface area contributed by atoms with E-state index in [9.17, 15) is 9.65 Å². The Morgan fingerprint density at radius 3 is 2.81 bits per heavy atom. The third kappa shape index (κ3) is 6.18. The van der Waals surface area contributed by atoms with Gasteiger partial charge in [-0.25, -0.2) is 9.07 Å². The van der Waals surface area contributed by atoms with Crippen LogP contribution in [0.2, 0.25) is 0 Å². The van der Waals surface area contributed by atoms with Crippen LogP contribution in [-0.4, -0.2) is 61.0 Å². The van der Waals surface area contributed by atoms with Gasteiger partial charge in [0.15, 0.2) is 5.96 Å². The highest BCUT2D eigenvalue weighted by atomic mass is 19.1. The minimum absolute atomic E-state index is 0.263. The Hall–Kier alpha value is -3.12. The molecule has 1 fully saturated rings. The van der Waals surface area contributed by atoms with Crippen LogP contribution >= 0.6 is 0 Å². The van der Waals surface area contributed by atoms with E-state index >= 15 is 0 Å². The van der Waals surface area contributed by atoms with Gasteiger partial charge >= 0.3 is 0 Å². The second-order valence-electron chi connectivity index (χ2n) is 7.72. The monoisotopic (exact) mass is 427 g/mol. The average molecular weight is 428 g/mol. The number of nitrogens with one attached hydrogen (secondary N) is 1. The van der Waals surface area contributed by atoms with Gasteiger partial charge in [0.1, 0.15) is 23.3 Å². The van der Waals surface area contributed by atoms with Crippen LogP contribution in [0.5, 0.6) is 0 Å². The number of nitrogens with zero attached hydrogens (tertiary/aromatic N) is 5. The van der Waals surface area contributed by atoms with Gasteiger partial charge in [0, 0.05) is 33.8 Å². The number of hydrogen-bond acceptors (Lipinski definition) is 5. The first-order valence-corrected chi connectivity index (χ1v) is 10.6. The lowest BCUT2D eigenvalue weighted by molar-refractivity contribution is 0.115. The molecule has 1 aromatic heterocycles. The highest BCUT2D eigenvalue weighted by Gasteiger charge is 2.21.